The van der Waals surface area contributed by atoms with Crippen LogP contribution in [0.1, 0.15) is 34.3 Å². The molecule has 0 unspecified atom stereocenters. The van der Waals surface area contributed by atoms with Crippen molar-refractivity contribution in [2.45, 2.75) is 32.7 Å². The lowest BCUT2D eigenvalue weighted by molar-refractivity contribution is 0.0951. The molecule has 0 atom stereocenters. The number of hydrogen-bond donors (Lipinski definition) is 2. The van der Waals surface area contributed by atoms with Crippen molar-refractivity contribution in [1.82, 2.24) is 9.88 Å². The van der Waals surface area contributed by atoms with E-state index in [0.717, 1.165) is 29.4 Å². The molecule has 26 heavy (non-hydrogen) atoms. The van der Waals surface area contributed by atoms with Crippen molar-refractivity contribution in [1.29, 1.82) is 0 Å². The molecule has 1 amide bonds. The second-order valence-electron chi connectivity index (χ2n) is 6.97. The van der Waals surface area contributed by atoms with E-state index in [9.17, 15) is 14.7 Å². The van der Waals surface area contributed by atoms with Gasteiger partial charge < -0.3 is 10.4 Å². The number of fused-ring (bicyclic) bond motifs is 1. The number of phenolic OH excluding ortho intramolecular Hbond substituents is 1. The van der Waals surface area contributed by atoms with Gasteiger partial charge in [-0.05, 0) is 67.5 Å². The number of carbonyl (C=O) groups excluding carboxylic acids is 1. The predicted octanol–water partition coefficient (Wildman–Crippen LogP) is 3.21. The fourth-order valence-corrected chi connectivity index (χ4v) is 3.19. The highest BCUT2D eigenvalue weighted by molar-refractivity contribution is 5.95. The number of phenols is 1. The fourth-order valence-electron chi connectivity index (χ4n) is 3.19. The zero-order chi connectivity index (χ0) is 18.4. The number of pyridine rings is 1. The quantitative estimate of drug-likeness (QED) is 0.763. The third-order valence-electron chi connectivity index (χ3n) is 4.84. The van der Waals surface area contributed by atoms with E-state index in [1.54, 1.807) is 35.0 Å². The maximum atomic E-state index is 13.0. The molecule has 0 radical (unpaired) electrons. The third kappa shape index (κ3) is 2.86. The monoisotopic (exact) mass is 348 g/mol. The van der Waals surface area contributed by atoms with E-state index < -0.39 is 0 Å². The van der Waals surface area contributed by atoms with Gasteiger partial charge in [0.25, 0.3) is 11.5 Å². The summed E-state index contributed by atoms with van der Waals surface area (Å²) in [6, 6.07) is 10.5. The second kappa shape index (κ2) is 6.02. The summed E-state index contributed by atoms with van der Waals surface area (Å²) in [5.74, 6) is -0.0574. The molecule has 0 aliphatic heterocycles. The van der Waals surface area contributed by atoms with Gasteiger partial charge in [0.1, 0.15) is 5.75 Å². The van der Waals surface area contributed by atoms with E-state index in [0.29, 0.717) is 16.6 Å². The molecule has 1 aliphatic rings. The minimum atomic E-state index is -0.218. The summed E-state index contributed by atoms with van der Waals surface area (Å²) in [6.45, 7) is 3.83. The highest BCUT2D eigenvalue weighted by Gasteiger charge is 2.24. The molecule has 5 nitrogen and oxygen atoms in total. The maximum absolute atomic E-state index is 13.0. The van der Waals surface area contributed by atoms with Crippen molar-refractivity contribution >= 4 is 16.7 Å². The lowest BCUT2D eigenvalue weighted by Gasteiger charge is -2.14. The van der Waals surface area contributed by atoms with Crippen molar-refractivity contribution in [2.75, 3.05) is 0 Å². The molecule has 0 saturated heterocycles. The SMILES string of the molecule is Cc1ccc(C(=O)NC2CC2)cc1-n1cc(C)c2ccc(O)cc2c1=O. The topological polar surface area (TPSA) is 71.3 Å². The Morgan fingerprint density at radius 1 is 1.08 bits per heavy atom. The molecular formula is C21H20N2O3. The molecule has 5 heteroatoms. The van der Waals surface area contributed by atoms with Crippen molar-refractivity contribution in [2.24, 2.45) is 0 Å². The Kier molecular flexibility index (Phi) is 3.80. The zero-order valence-electron chi connectivity index (χ0n) is 14.7. The molecule has 2 N–H and O–H groups in total. The molecule has 4 rings (SSSR count). The number of aromatic nitrogens is 1. The number of benzene rings is 2. The molecule has 0 bridgehead atoms. The number of aromatic hydroxyl groups is 1. The minimum absolute atomic E-state index is 0.0565. The highest BCUT2D eigenvalue weighted by Crippen LogP contribution is 2.23. The van der Waals surface area contributed by atoms with Gasteiger partial charge in [0.2, 0.25) is 0 Å². The predicted molar refractivity (Wildman–Crippen MR) is 101 cm³/mol. The van der Waals surface area contributed by atoms with Crippen LogP contribution in [0.25, 0.3) is 16.5 Å². The van der Waals surface area contributed by atoms with Crippen molar-refractivity contribution in [3.63, 3.8) is 0 Å². The van der Waals surface area contributed by atoms with Crippen molar-refractivity contribution in [3.8, 4) is 11.4 Å². The average Bonchev–Trinajstić information content (AvgIpc) is 3.42. The number of rotatable bonds is 3. The number of nitrogens with zero attached hydrogens (tertiary/aromatic N) is 1. The van der Waals surface area contributed by atoms with E-state index in [-0.39, 0.29) is 23.3 Å². The summed E-state index contributed by atoms with van der Waals surface area (Å²) >= 11 is 0. The summed E-state index contributed by atoms with van der Waals surface area (Å²) in [7, 11) is 0. The van der Waals surface area contributed by atoms with Crippen LogP contribution < -0.4 is 10.9 Å². The number of aryl methyl sites for hydroxylation is 2. The Labute approximate surface area is 150 Å². The van der Waals surface area contributed by atoms with E-state index in [1.165, 1.54) is 6.07 Å². The van der Waals surface area contributed by atoms with Crippen molar-refractivity contribution < 1.29 is 9.90 Å². The molecular weight excluding hydrogens is 328 g/mol. The largest absolute Gasteiger partial charge is 0.508 e. The molecule has 2 aromatic carbocycles. The van der Waals surface area contributed by atoms with Crippen LogP contribution in [0.15, 0.2) is 47.4 Å². The Balaban J connectivity index is 1.88. The molecule has 3 aromatic rings. The standard InChI is InChI=1S/C21H20N2O3/c1-12-3-4-14(20(25)22-15-5-6-15)9-19(12)23-11-13(2)17-8-7-16(24)10-18(17)21(23)26/h3-4,7-11,15,24H,5-6H2,1-2H3,(H,22,25). The van der Waals surface area contributed by atoms with Gasteiger partial charge in [-0.3, -0.25) is 14.2 Å². The summed E-state index contributed by atoms with van der Waals surface area (Å²) in [5.41, 5.74) is 2.81. The van der Waals surface area contributed by atoms with Crippen LogP contribution in [0.2, 0.25) is 0 Å². The fraction of sp³-hybridized carbons (Fsp3) is 0.238. The van der Waals surface area contributed by atoms with Crippen LogP contribution in [0.4, 0.5) is 0 Å². The van der Waals surface area contributed by atoms with E-state index in [4.69, 9.17) is 0 Å². The van der Waals surface area contributed by atoms with Gasteiger partial charge in [-0.1, -0.05) is 12.1 Å². The number of carbonyl (C=O) groups is 1. The summed E-state index contributed by atoms with van der Waals surface area (Å²) in [4.78, 5) is 25.4. The molecule has 1 saturated carbocycles. The lowest BCUT2D eigenvalue weighted by Crippen LogP contribution is -2.26. The van der Waals surface area contributed by atoms with Gasteiger partial charge in [0.05, 0.1) is 11.1 Å². The summed E-state index contributed by atoms with van der Waals surface area (Å²) in [5, 5.41) is 14.0. The maximum Gasteiger partial charge on any atom is 0.263 e. The van der Waals surface area contributed by atoms with Crippen molar-refractivity contribution in [3.05, 3.63) is 69.6 Å². The number of hydrogen-bond acceptors (Lipinski definition) is 3. The van der Waals surface area contributed by atoms with Gasteiger partial charge in [-0.2, -0.15) is 0 Å². The van der Waals surface area contributed by atoms with E-state index in [2.05, 4.69) is 5.32 Å². The molecule has 132 valence electrons. The zero-order valence-corrected chi connectivity index (χ0v) is 14.7. The Morgan fingerprint density at radius 3 is 2.58 bits per heavy atom. The molecule has 0 spiro atoms. The van der Waals surface area contributed by atoms with E-state index in [1.807, 2.05) is 19.9 Å². The Morgan fingerprint density at radius 2 is 1.85 bits per heavy atom. The summed E-state index contributed by atoms with van der Waals surface area (Å²) < 4.78 is 1.56. The van der Waals surface area contributed by atoms with Crippen LogP contribution in [-0.2, 0) is 0 Å². The number of amides is 1. The molecule has 1 heterocycles. The van der Waals surface area contributed by atoms with Crippen LogP contribution in [0, 0.1) is 13.8 Å². The van der Waals surface area contributed by atoms with Gasteiger partial charge in [-0.15, -0.1) is 0 Å². The highest BCUT2D eigenvalue weighted by atomic mass is 16.3. The van der Waals surface area contributed by atoms with Gasteiger partial charge in [0, 0.05) is 17.8 Å². The first-order valence-electron chi connectivity index (χ1n) is 8.71. The minimum Gasteiger partial charge on any atom is -0.508 e. The first kappa shape index (κ1) is 16.4. The van der Waals surface area contributed by atoms with Gasteiger partial charge >= 0.3 is 0 Å². The first-order chi connectivity index (χ1) is 12.4. The van der Waals surface area contributed by atoms with Crippen LogP contribution in [-0.4, -0.2) is 21.6 Å². The normalized spacial score (nSPS) is 13.8. The lowest BCUT2D eigenvalue weighted by atomic mass is 10.1. The smallest absolute Gasteiger partial charge is 0.263 e. The molecule has 1 aliphatic carbocycles. The summed E-state index contributed by atoms with van der Waals surface area (Å²) in [6.07, 6.45) is 3.83. The van der Waals surface area contributed by atoms with Crippen LogP contribution in [0.3, 0.4) is 0 Å². The van der Waals surface area contributed by atoms with Crippen LogP contribution >= 0.6 is 0 Å². The Hall–Kier alpha value is -3.08. The molecule has 1 aromatic heterocycles. The van der Waals surface area contributed by atoms with E-state index >= 15 is 0 Å². The van der Waals surface area contributed by atoms with Gasteiger partial charge in [0.15, 0.2) is 0 Å². The van der Waals surface area contributed by atoms with Gasteiger partial charge in [-0.25, -0.2) is 0 Å². The average molecular weight is 348 g/mol. The van der Waals surface area contributed by atoms with Crippen LogP contribution in [0.5, 0.6) is 5.75 Å². The number of nitrogens with one attached hydrogen (secondary N) is 1. The second-order valence-corrected chi connectivity index (χ2v) is 6.97. The first-order valence-corrected chi connectivity index (χ1v) is 8.71. The molecule has 1 fully saturated rings. The Bertz CT molecular complexity index is 1090. The third-order valence-corrected chi connectivity index (χ3v) is 4.84.